The zero-order chi connectivity index (χ0) is 16.2. The van der Waals surface area contributed by atoms with Crippen LogP contribution in [0.4, 0.5) is 5.69 Å². The Morgan fingerprint density at radius 1 is 1.27 bits per heavy atom. The predicted octanol–water partition coefficient (Wildman–Crippen LogP) is 2.80. The second kappa shape index (κ2) is 9.20. The van der Waals surface area contributed by atoms with Crippen molar-refractivity contribution in [1.82, 2.24) is 4.90 Å². The number of benzene rings is 1. The van der Waals surface area contributed by atoms with E-state index in [-0.39, 0.29) is 42.7 Å². The normalized spacial score (nSPS) is 12.8. The molecule has 2 atom stereocenters. The molecule has 1 aromatic rings. The molecule has 0 saturated carbocycles. The Labute approximate surface area is 146 Å². The van der Waals surface area contributed by atoms with Crippen LogP contribution in [-0.2, 0) is 9.59 Å². The molecular weight excluding hydrogens is 349 g/mol. The molecule has 0 aromatic heterocycles. The van der Waals surface area contributed by atoms with Gasteiger partial charge in [0.15, 0.2) is 0 Å². The van der Waals surface area contributed by atoms with Gasteiger partial charge in [-0.05, 0) is 25.1 Å². The summed E-state index contributed by atoms with van der Waals surface area (Å²) in [6.45, 7) is 3.43. The molecule has 22 heavy (non-hydrogen) atoms. The summed E-state index contributed by atoms with van der Waals surface area (Å²) in [6, 6.07) is 4.51. The van der Waals surface area contributed by atoms with E-state index in [1.807, 2.05) is 0 Å². The van der Waals surface area contributed by atoms with Crippen LogP contribution in [0.5, 0.6) is 0 Å². The molecule has 0 saturated heterocycles. The van der Waals surface area contributed by atoms with Crippen molar-refractivity contribution in [1.29, 1.82) is 0 Å². The molecule has 0 bridgehead atoms. The Kier molecular flexibility index (Phi) is 8.78. The highest BCUT2D eigenvalue weighted by Gasteiger charge is 2.22. The van der Waals surface area contributed by atoms with E-state index in [0.29, 0.717) is 15.7 Å². The fourth-order valence-electron chi connectivity index (χ4n) is 1.64. The summed E-state index contributed by atoms with van der Waals surface area (Å²) < 4.78 is 0. The molecule has 0 heterocycles. The number of carbonyl (C=O) groups is 2. The summed E-state index contributed by atoms with van der Waals surface area (Å²) in [4.78, 5) is 25.3. The maximum absolute atomic E-state index is 12.0. The van der Waals surface area contributed by atoms with Crippen molar-refractivity contribution in [2.45, 2.75) is 19.9 Å². The van der Waals surface area contributed by atoms with Crippen molar-refractivity contribution in [3.05, 3.63) is 28.2 Å². The van der Waals surface area contributed by atoms with Crippen LogP contribution < -0.4 is 11.1 Å². The largest absolute Gasteiger partial charge is 0.336 e. The number of nitrogens with zero attached hydrogens (tertiary/aromatic N) is 1. The highest BCUT2D eigenvalue weighted by Crippen LogP contribution is 2.24. The molecule has 8 heteroatoms. The van der Waals surface area contributed by atoms with E-state index in [1.165, 1.54) is 4.90 Å². The maximum Gasteiger partial charge on any atom is 0.243 e. The zero-order valence-corrected chi connectivity index (χ0v) is 14.9. The van der Waals surface area contributed by atoms with E-state index in [9.17, 15) is 9.59 Å². The van der Waals surface area contributed by atoms with Crippen LogP contribution in [-0.4, -0.2) is 36.3 Å². The lowest BCUT2D eigenvalue weighted by atomic mass is 10.0. The Hall–Kier alpha value is -1.01. The van der Waals surface area contributed by atoms with Gasteiger partial charge in [0.25, 0.3) is 0 Å². The van der Waals surface area contributed by atoms with Crippen LogP contribution in [0.25, 0.3) is 0 Å². The average molecular weight is 369 g/mol. The van der Waals surface area contributed by atoms with Crippen molar-refractivity contribution in [2.75, 3.05) is 18.9 Å². The number of rotatable bonds is 5. The van der Waals surface area contributed by atoms with Crippen LogP contribution in [0.15, 0.2) is 18.2 Å². The van der Waals surface area contributed by atoms with Gasteiger partial charge in [-0.15, -0.1) is 12.4 Å². The van der Waals surface area contributed by atoms with E-state index < -0.39 is 0 Å². The first-order valence-corrected chi connectivity index (χ1v) is 7.23. The number of likely N-dealkylation sites (N-methyl/N-ethyl adjacent to an activating group) is 1. The molecule has 3 N–H and O–H groups in total. The summed E-state index contributed by atoms with van der Waals surface area (Å²) in [5.74, 6) is -0.830. The third kappa shape index (κ3) is 6.01. The number of amides is 2. The van der Waals surface area contributed by atoms with Crippen molar-refractivity contribution < 1.29 is 9.59 Å². The minimum absolute atomic E-state index is 0. The predicted molar refractivity (Wildman–Crippen MR) is 92.8 cm³/mol. The number of nitrogens with one attached hydrogen (secondary N) is 1. The monoisotopic (exact) mass is 367 g/mol. The molecule has 0 aliphatic heterocycles. The third-order valence-electron chi connectivity index (χ3n) is 3.14. The summed E-state index contributed by atoms with van der Waals surface area (Å²) in [7, 11) is 1.57. The smallest absolute Gasteiger partial charge is 0.243 e. The molecule has 5 nitrogen and oxygen atoms in total. The van der Waals surface area contributed by atoms with Gasteiger partial charge in [-0.3, -0.25) is 9.59 Å². The van der Waals surface area contributed by atoms with Gasteiger partial charge in [-0.25, -0.2) is 0 Å². The standard InChI is InChI=1S/C14H19Cl2N3O2.ClH/c1-8(9(2)17)14(21)19(3)7-13(20)18-10-4-5-11(15)12(16)6-10;/h4-6,8-9H,7,17H2,1-3H3,(H,18,20);1H. The van der Waals surface area contributed by atoms with Gasteiger partial charge in [0, 0.05) is 18.8 Å². The Morgan fingerprint density at radius 3 is 2.36 bits per heavy atom. The summed E-state index contributed by atoms with van der Waals surface area (Å²) in [5, 5.41) is 3.42. The van der Waals surface area contributed by atoms with Gasteiger partial charge in [0.1, 0.15) is 0 Å². The minimum atomic E-state index is -0.340. The quantitative estimate of drug-likeness (QED) is 0.839. The Balaban J connectivity index is 0.00000441. The number of carbonyl (C=O) groups excluding carboxylic acids is 2. The fourth-order valence-corrected chi connectivity index (χ4v) is 1.94. The first-order valence-electron chi connectivity index (χ1n) is 6.47. The molecule has 0 radical (unpaired) electrons. The van der Waals surface area contributed by atoms with E-state index in [2.05, 4.69) is 5.32 Å². The number of hydrogen-bond donors (Lipinski definition) is 2. The van der Waals surface area contributed by atoms with Crippen molar-refractivity contribution >= 4 is 53.1 Å². The lowest BCUT2D eigenvalue weighted by Crippen LogP contribution is -2.42. The molecule has 1 rings (SSSR count). The summed E-state index contributed by atoms with van der Waals surface area (Å²) in [6.07, 6.45) is 0. The van der Waals surface area contributed by atoms with Crippen LogP contribution in [0.1, 0.15) is 13.8 Å². The number of halogens is 3. The maximum atomic E-state index is 12.0. The molecular formula is C14H20Cl3N3O2. The van der Waals surface area contributed by atoms with Gasteiger partial charge in [0.2, 0.25) is 11.8 Å². The topological polar surface area (TPSA) is 75.4 Å². The summed E-state index contributed by atoms with van der Waals surface area (Å²) in [5.41, 5.74) is 6.21. The molecule has 2 unspecified atom stereocenters. The fraction of sp³-hybridized carbons (Fsp3) is 0.429. The number of hydrogen-bond acceptors (Lipinski definition) is 3. The lowest BCUT2D eigenvalue weighted by Gasteiger charge is -2.23. The third-order valence-corrected chi connectivity index (χ3v) is 3.88. The minimum Gasteiger partial charge on any atom is -0.336 e. The van der Waals surface area contributed by atoms with E-state index >= 15 is 0 Å². The zero-order valence-electron chi connectivity index (χ0n) is 12.6. The molecule has 0 aliphatic carbocycles. The average Bonchev–Trinajstić information content (AvgIpc) is 2.40. The van der Waals surface area contributed by atoms with Gasteiger partial charge in [0.05, 0.1) is 22.5 Å². The number of anilines is 1. The van der Waals surface area contributed by atoms with Crippen LogP contribution in [0.3, 0.4) is 0 Å². The van der Waals surface area contributed by atoms with E-state index in [1.54, 1.807) is 39.1 Å². The Bertz CT molecular complexity index is 538. The summed E-state index contributed by atoms with van der Waals surface area (Å²) >= 11 is 11.7. The van der Waals surface area contributed by atoms with Gasteiger partial charge < -0.3 is 16.0 Å². The second-order valence-corrected chi connectivity index (χ2v) is 5.83. The van der Waals surface area contributed by atoms with Crippen molar-refractivity contribution in [2.24, 2.45) is 11.7 Å². The van der Waals surface area contributed by atoms with E-state index in [4.69, 9.17) is 28.9 Å². The Morgan fingerprint density at radius 2 is 1.86 bits per heavy atom. The molecule has 0 fully saturated rings. The van der Waals surface area contributed by atoms with Crippen LogP contribution in [0, 0.1) is 5.92 Å². The van der Waals surface area contributed by atoms with Gasteiger partial charge in [-0.1, -0.05) is 30.1 Å². The van der Waals surface area contributed by atoms with E-state index in [0.717, 1.165) is 0 Å². The first kappa shape index (κ1) is 21.0. The van der Waals surface area contributed by atoms with Crippen LogP contribution in [0.2, 0.25) is 10.0 Å². The molecule has 124 valence electrons. The van der Waals surface area contributed by atoms with Gasteiger partial charge >= 0.3 is 0 Å². The molecule has 0 spiro atoms. The van der Waals surface area contributed by atoms with Crippen molar-refractivity contribution in [3.63, 3.8) is 0 Å². The SMILES string of the molecule is CC(N)C(C)C(=O)N(C)CC(=O)Nc1ccc(Cl)c(Cl)c1.Cl. The number of nitrogens with two attached hydrogens (primary N) is 1. The highest BCUT2D eigenvalue weighted by atomic mass is 35.5. The van der Waals surface area contributed by atoms with Crippen LogP contribution >= 0.6 is 35.6 Å². The molecule has 1 aromatic carbocycles. The van der Waals surface area contributed by atoms with Gasteiger partial charge in [-0.2, -0.15) is 0 Å². The second-order valence-electron chi connectivity index (χ2n) is 5.02. The first-order chi connectivity index (χ1) is 9.72. The molecule has 2 amide bonds. The molecule has 0 aliphatic rings. The lowest BCUT2D eigenvalue weighted by molar-refractivity contribution is -0.136. The highest BCUT2D eigenvalue weighted by molar-refractivity contribution is 6.42. The van der Waals surface area contributed by atoms with Crippen molar-refractivity contribution in [3.8, 4) is 0 Å².